The Balaban J connectivity index is 0. The van der Waals surface area contributed by atoms with Crippen LogP contribution in [0.25, 0.3) is 0 Å². The highest BCUT2D eigenvalue weighted by molar-refractivity contribution is 4.50. The molecule has 0 saturated heterocycles. The molecule has 0 aliphatic rings. The Labute approximate surface area is 70.4 Å². The molecule has 0 aromatic rings. The lowest BCUT2D eigenvalue weighted by Gasteiger charge is -2.13. The van der Waals surface area contributed by atoms with Crippen LogP contribution in [0.3, 0.4) is 0 Å². The summed E-state index contributed by atoms with van der Waals surface area (Å²) in [6, 6.07) is 0. The molecule has 0 heterocycles. The van der Waals surface area contributed by atoms with Crippen LogP contribution in [0.1, 0.15) is 13.8 Å². The molecule has 0 fully saturated rings. The van der Waals surface area contributed by atoms with Crippen molar-refractivity contribution >= 4 is 0 Å². The first-order valence-corrected chi connectivity index (χ1v) is 4.25. The van der Waals surface area contributed by atoms with Crippen LogP contribution >= 0.6 is 0 Å². The average molecular weight is 162 g/mol. The maximum atomic E-state index is 8.47. The van der Waals surface area contributed by atoms with Gasteiger partial charge in [-0.05, 0) is 14.1 Å². The Bertz CT molecular complexity index is 60.1. The predicted molar refractivity (Wildman–Crippen MR) is 49.9 cm³/mol. The molecule has 11 heavy (non-hydrogen) atoms. The summed E-state index contributed by atoms with van der Waals surface area (Å²) in [4.78, 5) is 2.08. The zero-order chi connectivity index (χ0) is 9.11. The van der Waals surface area contributed by atoms with Crippen LogP contribution < -0.4 is 5.32 Å². The summed E-state index contributed by atoms with van der Waals surface area (Å²) in [5, 5.41) is 11.5. The third-order valence-corrected chi connectivity index (χ3v) is 1.23. The zero-order valence-corrected chi connectivity index (χ0v) is 8.22. The Morgan fingerprint density at radius 3 is 2.18 bits per heavy atom. The second-order valence-electron chi connectivity index (χ2n) is 2.13. The van der Waals surface area contributed by atoms with Crippen molar-refractivity contribution in [1.82, 2.24) is 10.2 Å². The molecule has 0 atom stereocenters. The summed E-state index contributed by atoms with van der Waals surface area (Å²) >= 11 is 0. The lowest BCUT2D eigenvalue weighted by atomic mass is 10.5. The predicted octanol–water partition coefficient (Wildman–Crippen LogP) is 0.156. The fourth-order valence-electron chi connectivity index (χ4n) is 0.585. The van der Waals surface area contributed by atoms with Crippen molar-refractivity contribution in [3.8, 4) is 0 Å². The second kappa shape index (κ2) is 12.5. The van der Waals surface area contributed by atoms with Gasteiger partial charge in [-0.3, -0.25) is 0 Å². The molecule has 0 aromatic carbocycles. The third-order valence-electron chi connectivity index (χ3n) is 1.23. The number of hydrogen-bond acceptors (Lipinski definition) is 3. The molecule has 2 N–H and O–H groups in total. The van der Waals surface area contributed by atoms with Crippen molar-refractivity contribution < 1.29 is 5.11 Å². The van der Waals surface area contributed by atoms with Gasteiger partial charge in [0.15, 0.2) is 0 Å². The summed E-state index contributed by atoms with van der Waals surface area (Å²) in [5.74, 6) is 0. The molecule has 3 heteroatoms. The first-order chi connectivity index (χ1) is 5.31. The molecule has 0 spiro atoms. The fraction of sp³-hybridized carbons (Fsp3) is 1.00. The van der Waals surface area contributed by atoms with Crippen molar-refractivity contribution in [2.24, 2.45) is 0 Å². The SMILES string of the molecule is CC.CNCCN(C)CCO. The van der Waals surface area contributed by atoms with Crippen LogP contribution in [-0.2, 0) is 0 Å². The van der Waals surface area contributed by atoms with Crippen LogP contribution in [-0.4, -0.2) is 50.3 Å². The van der Waals surface area contributed by atoms with Gasteiger partial charge in [0.2, 0.25) is 0 Å². The first-order valence-electron chi connectivity index (χ1n) is 4.25. The highest BCUT2D eigenvalue weighted by atomic mass is 16.3. The van der Waals surface area contributed by atoms with Gasteiger partial charge >= 0.3 is 0 Å². The van der Waals surface area contributed by atoms with Crippen molar-refractivity contribution in [3.05, 3.63) is 0 Å². The monoisotopic (exact) mass is 162 g/mol. The van der Waals surface area contributed by atoms with Gasteiger partial charge in [-0.15, -0.1) is 0 Å². The van der Waals surface area contributed by atoms with Crippen LogP contribution in [0, 0.1) is 0 Å². The minimum Gasteiger partial charge on any atom is -0.395 e. The maximum Gasteiger partial charge on any atom is 0.0558 e. The Morgan fingerprint density at radius 2 is 1.82 bits per heavy atom. The molecule has 3 nitrogen and oxygen atoms in total. The molecule has 0 aromatic heterocycles. The van der Waals surface area contributed by atoms with Gasteiger partial charge in [0.1, 0.15) is 0 Å². The number of nitrogens with zero attached hydrogens (tertiary/aromatic N) is 1. The topological polar surface area (TPSA) is 35.5 Å². The summed E-state index contributed by atoms with van der Waals surface area (Å²) in [5.41, 5.74) is 0. The molecule has 0 amide bonds. The number of likely N-dealkylation sites (N-methyl/N-ethyl adjacent to an activating group) is 2. The summed E-state index contributed by atoms with van der Waals surface area (Å²) in [7, 11) is 3.92. The van der Waals surface area contributed by atoms with Gasteiger partial charge in [0, 0.05) is 19.6 Å². The highest BCUT2D eigenvalue weighted by Crippen LogP contribution is 1.76. The molecular formula is C8H22N2O. The molecule has 70 valence electrons. The lowest BCUT2D eigenvalue weighted by molar-refractivity contribution is 0.222. The smallest absolute Gasteiger partial charge is 0.0558 e. The third kappa shape index (κ3) is 13.0. The minimum atomic E-state index is 0.250. The van der Waals surface area contributed by atoms with E-state index >= 15 is 0 Å². The quantitative estimate of drug-likeness (QED) is 0.604. The van der Waals surface area contributed by atoms with E-state index in [1.807, 2.05) is 27.9 Å². The van der Waals surface area contributed by atoms with Gasteiger partial charge in [0.05, 0.1) is 6.61 Å². The fourth-order valence-corrected chi connectivity index (χ4v) is 0.585. The van der Waals surface area contributed by atoms with Crippen LogP contribution in [0.5, 0.6) is 0 Å². The number of aliphatic hydroxyl groups excluding tert-OH is 1. The summed E-state index contributed by atoms with van der Waals surface area (Å²) < 4.78 is 0. The Kier molecular flexibility index (Phi) is 15.4. The van der Waals surface area contributed by atoms with E-state index in [0.29, 0.717) is 0 Å². The molecule has 0 saturated carbocycles. The highest BCUT2D eigenvalue weighted by Gasteiger charge is 1.92. The van der Waals surface area contributed by atoms with Gasteiger partial charge in [0.25, 0.3) is 0 Å². The van der Waals surface area contributed by atoms with Gasteiger partial charge in [-0.1, -0.05) is 13.8 Å². The number of aliphatic hydroxyl groups is 1. The van der Waals surface area contributed by atoms with Crippen molar-refractivity contribution in [1.29, 1.82) is 0 Å². The van der Waals surface area contributed by atoms with E-state index in [-0.39, 0.29) is 6.61 Å². The van der Waals surface area contributed by atoms with Gasteiger partial charge < -0.3 is 15.3 Å². The van der Waals surface area contributed by atoms with E-state index in [2.05, 4.69) is 10.2 Å². The number of nitrogens with one attached hydrogen (secondary N) is 1. The zero-order valence-electron chi connectivity index (χ0n) is 8.22. The number of rotatable bonds is 5. The Morgan fingerprint density at radius 1 is 1.27 bits per heavy atom. The normalized spacial score (nSPS) is 9.27. The standard InChI is InChI=1S/C6H16N2O.C2H6/c1-7-3-4-8(2)5-6-9;1-2/h7,9H,3-6H2,1-2H3;1-2H3. The largest absolute Gasteiger partial charge is 0.395 e. The van der Waals surface area contributed by atoms with Crippen LogP contribution in [0.2, 0.25) is 0 Å². The molecule has 0 bridgehead atoms. The Hall–Kier alpha value is -0.120. The van der Waals surface area contributed by atoms with Gasteiger partial charge in [-0.2, -0.15) is 0 Å². The van der Waals surface area contributed by atoms with E-state index in [0.717, 1.165) is 19.6 Å². The van der Waals surface area contributed by atoms with Crippen LogP contribution in [0.4, 0.5) is 0 Å². The van der Waals surface area contributed by atoms with Gasteiger partial charge in [-0.25, -0.2) is 0 Å². The first kappa shape index (κ1) is 13.5. The molecule has 0 aliphatic carbocycles. The van der Waals surface area contributed by atoms with Crippen molar-refractivity contribution in [2.45, 2.75) is 13.8 Å². The molecule has 0 radical (unpaired) electrons. The maximum absolute atomic E-state index is 8.47. The summed E-state index contributed by atoms with van der Waals surface area (Å²) in [6.07, 6.45) is 0. The van der Waals surface area contributed by atoms with Crippen LogP contribution in [0.15, 0.2) is 0 Å². The average Bonchev–Trinajstić information content (AvgIpc) is 2.05. The molecule has 0 rings (SSSR count). The lowest BCUT2D eigenvalue weighted by Crippen LogP contribution is -2.29. The van der Waals surface area contributed by atoms with Crippen molar-refractivity contribution in [2.75, 3.05) is 40.3 Å². The van der Waals surface area contributed by atoms with Crippen molar-refractivity contribution in [3.63, 3.8) is 0 Å². The van der Waals surface area contributed by atoms with E-state index in [9.17, 15) is 0 Å². The number of hydrogen-bond donors (Lipinski definition) is 2. The molecular weight excluding hydrogens is 140 g/mol. The van der Waals surface area contributed by atoms with E-state index in [4.69, 9.17) is 5.11 Å². The molecule has 0 unspecified atom stereocenters. The van der Waals surface area contributed by atoms with E-state index in [1.54, 1.807) is 0 Å². The second-order valence-corrected chi connectivity index (χ2v) is 2.13. The summed E-state index contributed by atoms with van der Waals surface area (Å²) in [6.45, 7) is 7.00. The molecule has 0 aliphatic heterocycles. The van der Waals surface area contributed by atoms with E-state index in [1.165, 1.54) is 0 Å². The van der Waals surface area contributed by atoms with E-state index < -0.39 is 0 Å². The minimum absolute atomic E-state index is 0.250.